The van der Waals surface area contributed by atoms with Crippen molar-refractivity contribution in [2.24, 2.45) is 5.73 Å². The number of nitrogens with zero attached hydrogens (tertiary/aromatic N) is 2. The van der Waals surface area contributed by atoms with Gasteiger partial charge in [0, 0.05) is 5.02 Å². The number of nitrogens with two attached hydrogens (primary N) is 1. The van der Waals surface area contributed by atoms with Crippen LogP contribution in [-0.2, 0) is 4.74 Å². The molecule has 1 atom stereocenters. The van der Waals surface area contributed by atoms with E-state index in [1.807, 2.05) is 13.8 Å². The van der Waals surface area contributed by atoms with E-state index in [-0.39, 0.29) is 30.0 Å². The molecular formula is C13H15ClFN3O2. The second-order valence-electron chi connectivity index (χ2n) is 4.57. The first-order chi connectivity index (χ1) is 9.47. The summed E-state index contributed by atoms with van der Waals surface area (Å²) >= 11 is 5.82. The average Bonchev–Trinajstić information content (AvgIpc) is 2.88. The Balaban J connectivity index is 2.18. The van der Waals surface area contributed by atoms with Crippen LogP contribution in [-0.4, -0.2) is 22.9 Å². The lowest BCUT2D eigenvalue weighted by molar-refractivity contribution is 0.0665. The van der Waals surface area contributed by atoms with Gasteiger partial charge in [0.25, 0.3) is 5.89 Å². The Morgan fingerprint density at radius 3 is 2.90 bits per heavy atom. The first-order valence-corrected chi connectivity index (χ1v) is 6.51. The summed E-state index contributed by atoms with van der Waals surface area (Å²) < 4.78 is 24.1. The maximum absolute atomic E-state index is 13.7. The molecule has 0 aliphatic carbocycles. The highest BCUT2D eigenvalue weighted by atomic mass is 35.5. The molecule has 2 rings (SSSR count). The highest BCUT2D eigenvalue weighted by Crippen LogP contribution is 2.25. The maximum atomic E-state index is 13.7. The fourth-order valence-electron chi connectivity index (χ4n) is 1.53. The van der Waals surface area contributed by atoms with Crippen molar-refractivity contribution in [2.45, 2.75) is 26.0 Å². The van der Waals surface area contributed by atoms with E-state index >= 15 is 0 Å². The van der Waals surface area contributed by atoms with Crippen LogP contribution in [0.25, 0.3) is 11.5 Å². The van der Waals surface area contributed by atoms with Crippen molar-refractivity contribution in [3.63, 3.8) is 0 Å². The minimum atomic E-state index is -0.530. The zero-order valence-electron chi connectivity index (χ0n) is 11.1. The smallest absolute Gasteiger partial charge is 0.261 e. The third kappa shape index (κ3) is 3.53. The van der Waals surface area contributed by atoms with Crippen molar-refractivity contribution < 1.29 is 13.7 Å². The fourth-order valence-corrected chi connectivity index (χ4v) is 1.70. The van der Waals surface area contributed by atoms with E-state index < -0.39 is 11.9 Å². The molecule has 0 fully saturated rings. The van der Waals surface area contributed by atoms with Crippen molar-refractivity contribution in [1.29, 1.82) is 0 Å². The molecule has 2 N–H and O–H groups in total. The number of ether oxygens (including phenoxy) is 1. The Morgan fingerprint density at radius 2 is 2.20 bits per heavy atom. The first-order valence-electron chi connectivity index (χ1n) is 6.13. The molecule has 0 spiro atoms. The van der Waals surface area contributed by atoms with Crippen molar-refractivity contribution in [3.8, 4) is 11.5 Å². The third-order valence-electron chi connectivity index (χ3n) is 2.54. The molecular weight excluding hydrogens is 285 g/mol. The monoisotopic (exact) mass is 299 g/mol. The minimum absolute atomic E-state index is 0.0417. The number of halogens is 2. The van der Waals surface area contributed by atoms with Crippen LogP contribution in [0.1, 0.15) is 25.7 Å². The maximum Gasteiger partial charge on any atom is 0.261 e. The zero-order chi connectivity index (χ0) is 14.7. The van der Waals surface area contributed by atoms with Gasteiger partial charge in [-0.2, -0.15) is 4.98 Å². The number of benzene rings is 1. The lowest BCUT2D eigenvalue weighted by Gasteiger charge is -2.10. The van der Waals surface area contributed by atoms with Crippen LogP contribution in [0.15, 0.2) is 22.7 Å². The zero-order valence-corrected chi connectivity index (χ0v) is 11.9. The standard InChI is InChI=1S/C13H15ClFN3O2/c1-7(2)19-6-11(16)12-17-13(20-18-12)9-5-8(14)3-4-10(9)15/h3-5,7,11H,6,16H2,1-2H3. The summed E-state index contributed by atoms with van der Waals surface area (Å²) in [5.74, 6) is -0.184. The van der Waals surface area contributed by atoms with Crippen molar-refractivity contribution in [2.75, 3.05) is 6.61 Å². The second kappa shape index (κ2) is 6.30. The Labute approximate surface area is 120 Å². The molecule has 0 amide bonds. The lowest BCUT2D eigenvalue weighted by Crippen LogP contribution is -2.20. The topological polar surface area (TPSA) is 74.2 Å². The van der Waals surface area contributed by atoms with Gasteiger partial charge in [0.05, 0.1) is 24.3 Å². The molecule has 1 heterocycles. The molecule has 0 saturated heterocycles. The molecule has 0 bridgehead atoms. The van der Waals surface area contributed by atoms with Crippen molar-refractivity contribution in [3.05, 3.63) is 34.9 Å². The van der Waals surface area contributed by atoms with Gasteiger partial charge in [-0.15, -0.1) is 0 Å². The Hall–Kier alpha value is -1.50. The Kier molecular flexibility index (Phi) is 4.69. The minimum Gasteiger partial charge on any atom is -0.377 e. The van der Waals surface area contributed by atoms with Gasteiger partial charge in [-0.1, -0.05) is 16.8 Å². The Morgan fingerprint density at radius 1 is 1.45 bits per heavy atom. The first kappa shape index (κ1) is 14.9. The molecule has 20 heavy (non-hydrogen) atoms. The van der Waals surface area contributed by atoms with Gasteiger partial charge < -0.3 is 15.0 Å². The normalized spacial score (nSPS) is 12.9. The van der Waals surface area contributed by atoms with Crippen LogP contribution in [0.3, 0.4) is 0 Å². The fraction of sp³-hybridized carbons (Fsp3) is 0.385. The summed E-state index contributed by atoms with van der Waals surface area (Å²) in [5.41, 5.74) is 6.02. The van der Waals surface area contributed by atoms with E-state index in [0.717, 1.165) is 0 Å². The van der Waals surface area contributed by atoms with E-state index in [4.69, 9.17) is 26.6 Å². The third-order valence-corrected chi connectivity index (χ3v) is 2.78. The lowest BCUT2D eigenvalue weighted by atomic mass is 10.2. The molecule has 0 aliphatic rings. The molecule has 5 nitrogen and oxygen atoms in total. The van der Waals surface area contributed by atoms with E-state index in [1.54, 1.807) is 0 Å². The van der Waals surface area contributed by atoms with Gasteiger partial charge in [0.1, 0.15) is 5.82 Å². The van der Waals surface area contributed by atoms with Crippen LogP contribution in [0.4, 0.5) is 4.39 Å². The van der Waals surface area contributed by atoms with Crippen molar-refractivity contribution in [1.82, 2.24) is 10.1 Å². The number of hydrogen-bond acceptors (Lipinski definition) is 5. The summed E-state index contributed by atoms with van der Waals surface area (Å²) in [6.45, 7) is 4.06. The van der Waals surface area contributed by atoms with E-state index in [0.29, 0.717) is 5.02 Å². The van der Waals surface area contributed by atoms with Gasteiger partial charge >= 0.3 is 0 Å². The number of hydrogen-bond donors (Lipinski definition) is 1. The predicted molar refractivity (Wildman–Crippen MR) is 72.7 cm³/mol. The second-order valence-corrected chi connectivity index (χ2v) is 5.01. The SMILES string of the molecule is CC(C)OCC(N)c1noc(-c2cc(Cl)ccc2F)n1. The quantitative estimate of drug-likeness (QED) is 0.918. The molecule has 1 aromatic heterocycles. The van der Waals surface area contributed by atoms with Gasteiger partial charge in [0.15, 0.2) is 5.82 Å². The van der Waals surface area contributed by atoms with Crippen LogP contribution in [0, 0.1) is 5.82 Å². The van der Waals surface area contributed by atoms with Gasteiger partial charge in [-0.25, -0.2) is 4.39 Å². The Bertz CT molecular complexity index is 589. The molecule has 1 unspecified atom stereocenters. The van der Waals surface area contributed by atoms with Crippen LogP contribution < -0.4 is 5.73 Å². The summed E-state index contributed by atoms with van der Waals surface area (Å²) in [6, 6.07) is 3.57. The molecule has 0 aliphatic heterocycles. The highest BCUT2D eigenvalue weighted by molar-refractivity contribution is 6.30. The number of aromatic nitrogens is 2. The van der Waals surface area contributed by atoms with Crippen LogP contribution in [0.2, 0.25) is 5.02 Å². The molecule has 0 radical (unpaired) electrons. The predicted octanol–water partition coefficient (Wildman–Crippen LogP) is 2.95. The molecule has 7 heteroatoms. The molecule has 1 aromatic carbocycles. The van der Waals surface area contributed by atoms with Crippen LogP contribution >= 0.6 is 11.6 Å². The van der Waals surface area contributed by atoms with Gasteiger partial charge in [-0.3, -0.25) is 0 Å². The molecule has 2 aromatic rings. The highest BCUT2D eigenvalue weighted by Gasteiger charge is 2.18. The van der Waals surface area contributed by atoms with Gasteiger partial charge in [-0.05, 0) is 32.0 Å². The molecule has 0 saturated carbocycles. The number of rotatable bonds is 5. The average molecular weight is 300 g/mol. The summed E-state index contributed by atoms with van der Waals surface area (Å²) in [4.78, 5) is 4.08. The van der Waals surface area contributed by atoms with E-state index in [1.165, 1.54) is 18.2 Å². The van der Waals surface area contributed by atoms with E-state index in [9.17, 15) is 4.39 Å². The molecule has 108 valence electrons. The summed E-state index contributed by atoms with van der Waals surface area (Å²) in [7, 11) is 0. The van der Waals surface area contributed by atoms with Crippen molar-refractivity contribution >= 4 is 11.6 Å². The summed E-state index contributed by atoms with van der Waals surface area (Å²) in [5, 5.41) is 4.12. The van der Waals surface area contributed by atoms with Gasteiger partial charge in [0.2, 0.25) is 0 Å². The van der Waals surface area contributed by atoms with Crippen LogP contribution in [0.5, 0.6) is 0 Å². The largest absolute Gasteiger partial charge is 0.377 e. The summed E-state index contributed by atoms with van der Waals surface area (Å²) in [6.07, 6.45) is 0.0535. The van der Waals surface area contributed by atoms with E-state index in [2.05, 4.69) is 10.1 Å².